The van der Waals surface area contributed by atoms with Gasteiger partial charge in [-0.3, -0.25) is 4.79 Å². The van der Waals surface area contributed by atoms with Crippen molar-refractivity contribution in [3.63, 3.8) is 0 Å². The van der Waals surface area contributed by atoms with Crippen molar-refractivity contribution in [3.05, 3.63) is 44.8 Å². The molecule has 1 aromatic carbocycles. The minimum atomic E-state index is -0.609. The number of nitrogens with zero attached hydrogens (tertiary/aromatic N) is 3. The summed E-state index contributed by atoms with van der Waals surface area (Å²) in [6.07, 6.45) is 0. The number of azide groups is 1. The van der Waals surface area contributed by atoms with Crippen molar-refractivity contribution in [2.24, 2.45) is 5.11 Å². The van der Waals surface area contributed by atoms with Crippen LogP contribution in [0.25, 0.3) is 10.4 Å². The average molecular weight is 196 g/mol. The quantitative estimate of drug-likeness (QED) is 0.386. The number of hydrogen-bond acceptors (Lipinski definition) is 1. The van der Waals surface area contributed by atoms with Crippen LogP contribution in [0.1, 0.15) is 15.9 Å². The zero-order chi connectivity index (χ0) is 9.84. The Morgan fingerprint density at radius 1 is 1.62 bits per heavy atom. The van der Waals surface area contributed by atoms with Crippen molar-refractivity contribution in [1.82, 2.24) is 0 Å². The maximum Gasteiger partial charge on any atom is 0.249 e. The van der Waals surface area contributed by atoms with Crippen molar-refractivity contribution >= 4 is 17.5 Å². The van der Waals surface area contributed by atoms with E-state index in [4.69, 9.17) is 17.1 Å². The average Bonchev–Trinajstić information content (AvgIpc) is 2.10. The van der Waals surface area contributed by atoms with Gasteiger partial charge in [-0.2, -0.15) is 0 Å². The molecule has 0 aliphatic carbocycles. The van der Waals surface area contributed by atoms with Crippen molar-refractivity contribution < 1.29 is 4.79 Å². The Morgan fingerprint density at radius 3 is 2.92 bits per heavy atom. The van der Waals surface area contributed by atoms with Gasteiger partial charge >= 0.3 is 0 Å². The third-order valence-electron chi connectivity index (χ3n) is 1.63. The molecular formula is C8H6ClN3O. The van der Waals surface area contributed by atoms with Crippen LogP contribution in [0.3, 0.4) is 0 Å². The standard InChI is InChI=1S/C8H6ClN3O/c1-5-6(8(13)11-12-10)3-2-4-7(5)9/h2-4H,1H3. The fourth-order valence-corrected chi connectivity index (χ4v) is 1.11. The SMILES string of the molecule is Cc1c(Cl)cccc1C(=O)N=[N+]=[N-]. The van der Waals surface area contributed by atoms with E-state index in [-0.39, 0.29) is 0 Å². The van der Waals surface area contributed by atoms with Gasteiger partial charge in [0.2, 0.25) is 5.91 Å². The van der Waals surface area contributed by atoms with Crippen molar-refractivity contribution in [2.45, 2.75) is 6.92 Å². The van der Waals surface area contributed by atoms with Crippen LogP contribution in [0.4, 0.5) is 0 Å². The van der Waals surface area contributed by atoms with Gasteiger partial charge in [0.15, 0.2) is 0 Å². The predicted molar refractivity (Wildman–Crippen MR) is 49.7 cm³/mol. The second-order valence-corrected chi connectivity index (χ2v) is 2.81. The zero-order valence-electron chi connectivity index (χ0n) is 6.86. The summed E-state index contributed by atoms with van der Waals surface area (Å²) in [6, 6.07) is 4.87. The molecule has 1 rings (SSSR count). The second-order valence-electron chi connectivity index (χ2n) is 2.41. The molecule has 66 valence electrons. The zero-order valence-corrected chi connectivity index (χ0v) is 7.62. The smallest absolute Gasteiger partial charge is 0.249 e. The summed E-state index contributed by atoms with van der Waals surface area (Å²) >= 11 is 5.77. The summed E-state index contributed by atoms with van der Waals surface area (Å²) in [5.41, 5.74) is 9.03. The summed E-state index contributed by atoms with van der Waals surface area (Å²) < 4.78 is 0. The number of hydrogen-bond donors (Lipinski definition) is 0. The normalized spacial score (nSPS) is 9.08. The first kappa shape index (κ1) is 9.58. The van der Waals surface area contributed by atoms with E-state index in [1.54, 1.807) is 25.1 Å². The lowest BCUT2D eigenvalue weighted by molar-refractivity contribution is 0.1000. The Bertz CT molecular complexity index is 396. The molecule has 0 aliphatic rings. The van der Waals surface area contributed by atoms with Crippen LogP contribution in [0.15, 0.2) is 23.3 Å². The molecule has 13 heavy (non-hydrogen) atoms. The summed E-state index contributed by atoms with van der Waals surface area (Å²) in [5.74, 6) is -0.609. The van der Waals surface area contributed by atoms with Crippen LogP contribution in [-0.2, 0) is 0 Å². The van der Waals surface area contributed by atoms with Gasteiger partial charge in [-0.25, -0.2) is 0 Å². The molecule has 0 spiro atoms. The van der Waals surface area contributed by atoms with E-state index in [1.807, 2.05) is 0 Å². The molecule has 1 aromatic rings. The molecule has 0 saturated carbocycles. The van der Waals surface area contributed by atoms with Gasteiger partial charge < -0.3 is 0 Å². The van der Waals surface area contributed by atoms with Crippen molar-refractivity contribution in [2.75, 3.05) is 0 Å². The molecule has 0 aliphatic heterocycles. The third-order valence-corrected chi connectivity index (χ3v) is 2.04. The molecule has 0 aromatic heterocycles. The Hall–Kier alpha value is -1.51. The number of carbonyl (C=O) groups excluding carboxylic acids is 1. The van der Waals surface area contributed by atoms with Crippen molar-refractivity contribution in [1.29, 1.82) is 0 Å². The Morgan fingerprint density at radius 2 is 2.31 bits per heavy atom. The molecule has 0 fully saturated rings. The van der Waals surface area contributed by atoms with Gasteiger partial charge in [0.25, 0.3) is 0 Å². The van der Waals surface area contributed by atoms with Gasteiger partial charge in [0, 0.05) is 15.5 Å². The first-order valence-electron chi connectivity index (χ1n) is 3.51. The van der Waals surface area contributed by atoms with Gasteiger partial charge in [-0.05, 0) is 29.2 Å². The summed E-state index contributed by atoms with van der Waals surface area (Å²) in [6.45, 7) is 1.70. The lowest BCUT2D eigenvalue weighted by Gasteiger charge is -2.01. The van der Waals surface area contributed by atoms with E-state index in [9.17, 15) is 4.79 Å². The number of rotatable bonds is 1. The Balaban J connectivity index is 3.22. The van der Waals surface area contributed by atoms with Gasteiger partial charge in [0.1, 0.15) is 0 Å². The van der Waals surface area contributed by atoms with Crippen LogP contribution < -0.4 is 0 Å². The highest BCUT2D eigenvalue weighted by Crippen LogP contribution is 2.19. The molecular weight excluding hydrogens is 190 g/mol. The van der Waals surface area contributed by atoms with E-state index in [0.29, 0.717) is 16.1 Å². The van der Waals surface area contributed by atoms with Crippen molar-refractivity contribution in [3.8, 4) is 0 Å². The fraction of sp³-hybridized carbons (Fsp3) is 0.125. The van der Waals surface area contributed by atoms with Crippen LogP contribution >= 0.6 is 11.6 Å². The molecule has 0 saturated heterocycles. The topological polar surface area (TPSA) is 65.8 Å². The molecule has 4 nitrogen and oxygen atoms in total. The van der Waals surface area contributed by atoms with Crippen LogP contribution in [-0.4, -0.2) is 5.91 Å². The van der Waals surface area contributed by atoms with Gasteiger partial charge in [-0.1, -0.05) is 23.7 Å². The molecule has 0 heterocycles. The second kappa shape index (κ2) is 3.94. The summed E-state index contributed by atoms with van der Waals surface area (Å²) in [5, 5.41) is 3.46. The lowest BCUT2D eigenvalue weighted by atomic mass is 10.1. The highest BCUT2D eigenvalue weighted by Gasteiger charge is 2.08. The van der Waals surface area contributed by atoms with E-state index < -0.39 is 5.91 Å². The minimum Gasteiger partial charge on any atom is -0.287 e. The Labute approximate surface area is 79.8 Å². The third kappa shape index (κ3) is 1.99. The molecule has 0 N–H and O–H groups in total. The van der Waals surface area contributed by atoms with Gasteiger partial charge in [0.05, 0.1) is 0 Å². The summed E-state index contributed by atoms with van der Waals surface area (Å²) in [4.78, 5) is 13.6. The number of carbonyl (C=O) groups is 1. The van der Waals surface area contributed by atoms with E-state index >= 15 is 0 Å². The molecule has 0 bridgehead atoms. The maximum absolute atomic E-state index is 11.1. The van der Waals surface area contributed by atoms with E-state index in [1.165, 1.54) is 0 Å². The lowest BCUT2D eigenvalue weighted by Crippen LogP contribution is -1.96. The van der Waals surface area contributed by atoms with E-state index in [2.05, 4.69) is 10.0 Å². The predicted octanol–water partition coefficient (Wildman–Crippen LogP) is 3.10. The first-order chi connectivity index (χ1) is 6.16. The first-order valence-corrected chi connectivity index (χ1v) is 3.89. The number of halogens is 1. The summed E-state index contributed by atoms with van der Waals surface area (Å²) in [7, 11) is 0. The largest absolute Gasteiger partial charge is 0.287 e. The minimum absolute atomic E-state index is 0.338. The van der Waals surface area contributed by atoms with Crippen LogP contribution in [0.2, 0.25) is 5.02 Å². The highest BCUT2D eigenvalue weighted by molar-refractivity contribution is 6.31. The molecule has 0 atom stereocenters. The Kier molecular flexibility index (Phi) is 2.90. The molecule has 0 unspecified atom stereocenters. The molecule has 1 amide bonds. The van der Waals surface area contributed by atoms with E-state index in [0.717, 1.165) is 0 Å². The fourth-order valence-electron chi connectivity index (χ4n) is 0.934. The maximum atomic E-state index is 11.1. The van der Waals surface area contributed by atoms with Crippen LogP contribution in [0.5, 0.6) is 0 Å². The molecule has 0 radical (unpaired) electrons. The van der Waals surface area contributed by atoms with Gasteiger partial charge in [-0.15, -0.1) is 0 Å². The number of amides is 1. The highest BCUT2D eigenvalue weighted by atomic mass is 35.5. The van der Waals surface area contributed by atoms with Crippen LogP contribution in [0, 0.1) is 6.92 Å². The number of benzene rings is 1. The molecule has 5 heteroatoms. The monoisotopic (exact) mass is 195 g/mol.